The third kappa shape index (κ3) is 3.66. The third-order valence-corrected chi connectivity index (χ3v) is 4.21. The minimum Gasteiger partial charge on any atom is -0.361 e. The molecule has 3 rings (SSSR count). The molecule has 1 aromatic heterocycles. The molecule has 24 heavy (non-hydrogen) atoms. The first-order chi connectivity index (χ1) is 11.6. The molecule has 4 nitrogen and oxygen atoms in total. The zero-order valence-corrected chi connectivity index (χ0v) is 13.8. The number of benzene rings is 2. The van der Waals surface area contributed by atoms with Gasteiger partial charge in [-0.2, -0.15) is 0 Å². The quantitative estimate of drug-likeness (QED) is 0.652. The topological polar surface area (TPSA) is 70.9 Å². The molecular formula is C20H23N3O. The number of nitrogens with two attached hydrogens (primary N) is 1. The van der Waals surface area contributed by atoms with Gasteiger partial charge in [-0.25, -0.2) is 0 Å². The lowest BCUT2D eigenvalue weighted by Crippen LogP contribution is -2.33. The summed E-state index contributed by atoms with van der Waals surface area (Å²) in [4.78, 5) is 15.3. The van der Waals surface area contributed by atoms with Crippen molar-refractivity contribution in [2.24, 2.45) is 5.73 Å². The number of aromatic amines is 1. The average Bonchev–Trinajstić information content (AvgIpc) is 3.00. The molecule has 1 amide bonds. The maximum absolute atomic E-state index is 12.0. The van der Waals surface area contributed by atoms with Crippen molar-refractivity contribution in [1.82, 2.24) is 10.3 Å². The molecule has 2 unspecified atom stereocenters. The van der Waals surface area contributed by atoms with Crippen LogP contribution < -0.4 is 11.1 Å². The van der Waals surface area contributed by atoms with Gasteiger partial charge < -0.3 is 16.0 Å². The Morgan fingerprint density at radius 1 is 1.12 bits per heavy atom. The van der Waals surface area contributed by atoms with E-state index in [2.05, 4.69) is 34.6 Å². The van der Waals surface area contributed by atoms with E-state index < -0.39 is 0 Å². The van der Waals surface area contributed by atoms with Crippen molar-refractivity contribution in [3.05, 3.63) is 71.9 Å². The summed E-state index contributed by atoms with van der Waals surface area (Å²) in [6.45, 7) is 2.39. The molecule has 2 atom stereocenters. The number of hydrogen-bond acceptors (Lipinski definition) is 2. The van der Waals surface area contributed by atoms with Gasteiger partial charge in [0.25, 0.3) is 0 Å². The summed E-state index contributed by atoms with van der Waals surface area (Å²) in [5.74, 6) is 0.0881. The molecule has 0 saturated carbocycles. The van der Waals surface area contributed by atoms with Crippen LogP contribution in [0.5, 0.6) is 0 Å². The first-order valence-electron chi connectivity index (χ1n) is 8.28. The van der Waals surface area contributed by atoms with Crippen LogP contribution in [0.25, 0.3) is 10.9 Å². The fourth-order valence-corrected chi connectivity index (χ4v) is 3.06. The van der Waals surface area contributed by atoms with E-state index in [9.17, 15) is 4.79 Å². The fraction of sp³-hybridized carbons (Fsp3) is 0.250. The number of fused-ring (bicyclic) bond motifs is 1. The first kappa shape index (κ1) is 16.3. The highest BCUT2D eigenvalue weighted by Crippen LogP contribution is 2.30. The molecule has 0 radical (unpaired) electrons. The number of amides is 1. The zero-order chi connectivity index (χ0) is 16.9. The van der Waals surface area contributed by atoms with Crippen LogP contribution in [0.2, 0.25) is 0 Å². The van der Waals surface area contributed by atoms with E-state index in [1.165, 1.54) is 16.5 Å². The van der Waals surface area contributed by atoms with Crippen LogP contribution in [0, 0.1) is 0 Å². The van der Waals surface area contributed by atoms with Crippen LogP contribution >= 0.6 is 0 Å². The number of nitrogens with one attached hydrogen (secondary N) is 2. The van der Waals surface area contributed by atoms with Crippen LogP contribution in [0.3, 0.4) is 0 Å². The van der Waals surface area contributed by atoms with Gasteiger partial charge in [-0.3, -0.25) is 4.79 Å². The molecule has 0 aliphatic carbocycles. The van der Waals surface area contributed by atoms with Crippen molar-refractivity contribution in [3.8, 4) is 0 Å². The molecule has 4 heteroatoms. The summed E-state index contributed by atoms with van der Waals surface area (Å²) in [5, 5.41) is 4.22. The Hall–Kier alpha value is -2.59. The summed E-state index contributed by atoms with van der Waals surface area (Å²) >= 11 is 0. The number of H-pyrrole nitrogens is 1. The highest BCUT2D eigenvalue weighted by molar-refractivity contribution is 5.84. The summed E-state index contributed by atoms with van der Waals surface area (Å²) in [6, 6.07) is 18.4. The Morgan fingerprint density at radius 2 is 1.83 bits per heavy atom. The van der Waals surface area contributed by atoms with Crippen LogP contribution in [0.4, 0.5) is 0 Å². The van der Waals surface area contributed by atoms with Gasteiger partial charge in [0.1, 0.15) is 0 Å². The van der Waals surface area contributed by atoms with Crippen molar-refractivity contribution >= 4 is 16.8 Å². The summed E-state index contributed by atoms with van der Waals surface area (Å²) < 4.78 is 0. The number of aromatic nitrogens is 1. The molecule has 0 aliphatic rings. The third-order valence-electron chi connectivity index (χ3n) is 4.21. The van der Waals surface area contributed by atoms with Gasteiger partial charge in [-0.1, -0.05) is 48.5 Å². The predicted octanol–water partition coefficient (Wildman–Crippen LogP) is 3.15. The lowest BCUT2D eigenvalue weighted by molar-refractivity contribution is -0.121. The molecule has 0 aliphatic heterocycles. The van der Waals surface area contributed by atoms with Gasteiger partial charge in [0.2, 0.25) is 5.91 Å². The van der Waals surface area contributed by atoms with E-state index >= 15 is 0 Å². The van der Waals surface area contributed by atoms with E-state index in [-0.39, 0.29) is 17.9 Å². The molecular weight excluding hydrogens is 298 g/mol. The second kappa shape index (κ2) is 7.32. The zero-order valence-electron chi connectivity index (χ0n) is 13.8. The number of carbonyl (C=O) groups is 1. The Labute approximate surface area is 142 Å². The highest BCUT2D eigenvalue weighted by atomic mass is 16.1. The Balaban J connectivity index is 1.90. The van der Waals surface area contributed by atoms with Crippen LogP contribution in [-0.4, -0.2) is 23.5 Å². The smallest absolute Gasteiger partial charge is 0.221 e. The average molecular weight is 321 g/mol. The molecule has 0 fully saturated rings. The van der Waals surface area contributed by atoms with E-state index in [0.29, 0.717) is 13.0 Å². The summed E-state index contributed by atoms with van der Waals surface area (Å²) in [5.41, 5.74) is 9.20. The standard InChI is InChI=1S/C20H23N3O/c1-14(21)11-20(24)23-12-17(15-7-3-2-4-8-15)18-13-22-19-10-6-5-9-16(18)19/h2-10,13-14,17,22H,11-12,21H2,1H3,(H,23,24). The minimum absolute atomic E-state index is 0.00854. The number of para-hydroxylation sites is 1. The van der Waals surface area contributed by atoms with Gasteiger partial charge >= 0.3 is 0 Å². The van der Waals surface area contributed by atoms with Crippen molar-refractivity contribution < 1.29 is 4.79 Å². The second-order valence-corrected chi connectivity index (χ2v) is 6.24. The number of hydrogen-bond donors (Lipinski definition) is 3. The van der Waals surface area contributed by atoms with Crippen LogP contribution in [0.15, 0.2) is 60.8 Å². The molecule has 0 saturated heterocycles. The Bertz CT molecular complexity index is 808. The normalized spacial score (nSPS) is 13.6. The van der Waals surface area contributed by atoms with Crippen molar-refractivity contribution in [2.45, 2.75) is 25.3 Å². The molecule has 0 spiro atoms. The monoisotopic (exact) mass is 321 g/mol. The maximum Gasteiger partial charge on any atom is 0.221 e. The van der Waals surface area contributed by atoms with Gasteiger partial charge in [0.15, 0.2) is 0 Å². The number of rotatable bonds is 6. The van der Waals surface area contributed by atoms with Gasteiger partial charge in [-0.15, -0.1) is 0 Å². The van der Waals surface area contributed by atoms with Gasteiger partial charge in [0, 0.05) is 42.0 Å². The van der Waals surface area contributed by atoms with Crippen molar-refractivity contribution in [1.29, 1.82) is 0 Å². The molecule has 4 N–H and O–H groups in total. The van der Waals surface area contributed by atoms with Crippen molar-refractivity contribution in [3.63, 3.8) is 0 Å². The van der Waals surface area contributed by atoms with Crippen molar-refractivity contribution in [2.75, 3.05) is 6.54 Å². The first-order valence-corrected chi connectivity index (χ1v) is 8.28. The Kier molecular flexibility index (Phi) is 4.96. The Morgan fingerprint density at radius 3 is 2.58 bits per heavy atom. The molecule has 2 aromatic carbocycles. The largest absolute Gasteiger partial charge is 0.361 e. The minimum atomic E-state index is -0.131. The lowest BCUT2D eigenvalue weighted by Gasteiger charge is -2.18. The molecule has 0 bridgehead atoms. The summed E-state index contributed by atoms with van der Waals surface area (Å²) in [7, 11) is 0. The fourth-order valence-electron chi connectivity index (χ4n) is 3.06. The van der Waals surface area contributed by atoms with Gasteiger partial charge in [0.05, 0.1) is 0 Å². The number of carbonyl (C=O) groups excluding carboxylic acids is 1. The lowest BCUT2D eigenvalue weighted by atomic mass is 9.91. The van der Waals surface area contributed by atoms with E-state index in [4.69, 9.17) is 5.73 Å². The van der Waals surface area contributed by atoms with E-state index in [0.717, 1.165) is 5.52 Å². The molecule has 1 heterocycles. The van der Waals surface area contributed by atoms with Crippen LogP contribution in [0.1, 0.15) is 30.4 Å². The van der Waals surface area contributed by atoms with Gasteiger partial charge in [-0.05, 0) is 24.1 Å². The predicted molar refractivity (Wildman–Crippen MR) is 97.9 cm³/mol. The molecule has 3 aromatic rings. The SMILES string of the molecule is CC(N)CC(=O)NCC(c1ccccc1)c1c[nH]c2ccccc12. The van der Waals surface area contributed by atoms with E-state index in [1.54, 1.807) is 0 Å². The highest BCUT2D eigenvalue weighted by Gasteiger charge is 2.19. The second-order valence-electron chi connectivity index (χ2n) is 6.24. The molecule has 124 valence electrons. The maximum atomic E-state index is 12.0. The van der Waals surface area contributed by atoms with Crippen LogP contribution in [-0.2, 0) is 4.79 Å². The van der Waals surface area contributed by atoms with E-state index in [1.807, 2.05) is 43.5 Å². The summed E-state index contributed by atoms with van der Waals surface area (Å²) in [6.07, 6.45) is 2.38.